The van der Waals surface area contributed by atoms with Gasteiger partial charge in [-0.3, -0.25) is 4.79 Å². The number of hydrogen-bond acceptors (Lipinski definition) is 4. The highest BCUT2D eigenvalue weighted by molar-refractivity contribution is 5.89. The number of phenolic OH excluding ortho intramolecular Hbond substituents is 1. The van der Waals surface area contributed by atoms with Gasteiger partial charge in [0.15, 0.2) is 23.4 Å². The summed E-state index contributed by atoms with van der Waals surface area (Å²) in [6, 6.07) is 4.17. The van der Waals surface area contributed by atoms with Crippen LogP contribution in [0.25, 0.3) is 0 Å². The first-order valence-electron chi connectivity index (χ1n) is 9.51. The van der Waals surface area contributed by atoms with Crippen molar-refractivity contribution < 1.29 is 23.9 Å². The summed E-state index contributed by atoms with van der Waals surface area (Å²) < 4.78 is 12.4. The molecule has 0 amide bonds. The van der Waals surface area contributed by atoms with Crippen molar-refractivity contribution in [1.82, 2.24) is 0 Å². The minimum Gasteiger partial charge on any atom is -0.504 e. The number of piperidine rings is 1. The third-order valence-corrected chi connectivity index (χ3v) is 7.60. The highest BCUT2D eigenvalue weighted by atomic mass is 16.5. The van der Waals surface area contributed by atoms with Crippen LogP contribution in [-0.4, -0.2) is 54.8 Å². The van der Waals surface area contributed by atoms with Gasteiger partial charge in [0.05, 0.1) is 32.2 Å². The van der Waals surface area contributed by atoms with Crippen LogP contribution >= 0.6 is 0 Å². The van der Waals surface area contributed by atoms with Crippen molar-refractivity contribution >= 4 is 5.78 Å². The molecule has 1 saturated carbocycles. The summed E-state index contributed by atoms with van der Waals surface area (Å²) in [5, 5.41) is 10.4. The summed E-state index contributed by atoms with van der Waals surface area (Å²) in [7, 11) is 3.99. The largest absolute Gasteiger partial charge is 0.504 e. The lowest BCUT2D eigenvalue weighted by Crippen LogP contribution is -2.72. The van der Waals surface area contributed by atoms with Crippen LogP contribution < -0.4 is 4.74 Å². The van der Waals surface area contributed by atoms with E-state index in [9.17, 15) is 9.90 Å². The van der Waals surface area contributed by atoms with Crippen LogP contribution in [0.4, 0.5) is 0 Å². The molecule has 1 N–H and O–H groups in total. The fourth-order valence-electron chi connectivity index (χ4n) is 6.46. The number of quaternary nitrogens is 1. The first-order valence-corrected chi connectivity index (χ1v) is 9.51. The predicted octanol–water partition coefficient (Wildman–Crippen LogP) is 2.31. The van der Waals surface area contributed by atoms with E-state index >= 15 is 0 Å². The fraction of sp³-hybridized carbons (Fsp3) is 0.571. The number of carbonyl (C=O) groups excluding carboxylic acids is 1. The highest BCUT2D eigenvalue weighted by Gasteiger charge is 2.69. The van der Waals surface area contributed by atoms with E-state index < -0.39 is 6.10 Å². The Hall–Kier alpha value is -2.01. The Morgan fingerprint density at radius 1 is 1.50 bits per heavy atom. The molecule has 0 radical (unpaired) electrons. The van der Waals surface area contributed by atoms with Gasteiger partial charge in [0.1, 0.15) is 12.3 Å². The molecule has 5 atom stereocenters. The summed E-state index contributed by atoms with van der Waals surface area (Å²) in [5.74, 6) is 2.15. The molecule has 5 nitrogen and oxygen atoms in total. The lowest BCUT2D eigenvalue weighted by atomic mass is 9.51. The Labute approximate surface area is 153 Å². The summed E-state index contributed by atoms with van der Waals surface area (Å²) in [6.45, 7) is 5.83. The van der Waals surface area contributed by atoms with Gasteiger partial charge in [-0.2, -0.15) is 0 Å². The Morgan fingerprint density at radius 2 is 2.31 bits per heavy atom. The van der Waals surface area contributed by atoms with Crippen molar-refractivity contribution in [2.75, 3.05) is 27.2 Å². The van der Waals surface area contributed by atoms with Crippen molar-refractivity contribution in [2.45, 2.75) is 43.2 Å². The molecule has 2 fully saturated rings. The van der Waals surface area contributed by atoms with E-state index in [0.717, 1.165) is 48.2 Å². The lowest BCUT2D eigenvalue weighted by molar-refractivity contribution is -0.942. The minimum atomic E-state index is -0.425. The van der Waals surface area contributed by atoms with Crippen LogP contribution in [0.5, 0.6) is 11.5 Å². The molecule has 2 bridgehead atoms. The Morgan fingerprint density at radius 3 is 3.08 bits per heavy atom. The molecule has 4 aliphatic rings. The SMILES string of the molecule is C=C(C[N@@+]1(C)CC[C@]23c4c5ccc(O)c4O[C@H]2C(=O)CC[C@H]3[C@H]1C5)OC. The molecule has 0 unspecified atom stereocenters. The number of aromatic hydroxyl groups is 1. The second-order valence-corrected chi connectivity index (χ2v) is 8.72. The predicted molar refractivity (Wildman–Crippen MR) is 96.1 cm³/mol. The van der Waals surface area contributed by atoms with Gasteiger partial charge in [0, 0.05) is 30.7 Å². The second-order valence-electron chi connectivity index (χ2n) is 8.72. The Balaban J connectivity index is 1.69. The van der Waals surface area contributed by atoms with Gasteiger partial charge in [-0.25, -0.2) is 0 Å². The molecule has 0 aromatic heterocycles. The number of nitrogens with zero attached hydrogens (tertiary/aromatic N) is 1. The van der Waals surface area contributed by atoms with Crippen LogP contribution in [0.1, 0.15) is 30.4 Å². The third-order valence-electron chi connectivity index (χ3n) is 7.60. The number of Topliss-reactive ketones (excluding diaryl/α,β-unsaturated/α-hetero) is 1. The van der Waals surface area contributed by atoms with Crippen molar-refractivity contribution in [2.24, 2.45) is 5.92 Å². The van der Waals surface area contributed by atoms with E-state index in [0.29, 0.717) is 24.1 Å². The van der Waals surface area contributed by atoms with Crippen molar-refractivity contribution in [3.05, 3.63) is 35.6 Å². The van der Waals surface area contributed by atoms with Gasteiger partial charge in [0.25, 0.3) is 0 Å². The molecular formula is C21H26NO4+. The smallest absolute Gasteiger partial charge is 0.174 e. The molecule has 1 aromatic rings. The maximum atomic E-state index is 12.8. The molecule has 5 heteroatoms. The monoisotopic (exact) mass is 356 g/mol. The number of carbonyl (C=O) groups is 1. The van der Waals surface area contributed by atoms with Gasteiger partial charge in [-0.15, -0.1) is 0 Å². The van der Waals surface area contributed by atoms with E-state index in [1.807, 2.05) is 6.07 Å². The second kappa shape index (κ2) is 5.03. The Bertz CT molecular complexity index is 834. The quantitative estimate of drug-likeness (QED) is 0.667. The zero-order valence-corrected chi connectivity index (χ0v) is 15.5. The third kappa shape index (κ3) is 1.77. The maximum Gasteiger partial charge on any atom is 0.174 e. The normalized spacial score (nSPS) is 39.2. The molecule has 2 aliphatic carbocycles. The molecule has 1 aromatic carbocycles. The number of likely N-dealkylation sites (tertiary alicyclic amines) is 1. The average Bonchev–Trinajstić information content (AvgIpc) is 2.98. The van der Waals surface area contributed by atoms with Crippen LogP contribution in [0.15, 0.2) is 24.5 Å². The van der Waals surface area contributed by atoms with E-state index in [1.165, 1.54) is 5.56 Å². The topological polar surface area (TPSA) is 55.8 Å². The molecule has 1 saturated heterocycles. The first kappa shape index (κ1) is 16.2. The standard InChI is InChI=1S/C21H25NO4/c1-12(25-3)11-22(2)9-8-21-14-5-7-17(24)20(21)26-19-16(23)6-4-13(18(19)21)10-15(14)22/h4,6,14-15,20H,1,5,7-11H2,2-3H3/p+1/t14-,15+,20-,21-,22+/m0/s1. The number of benzene rings is 1. The lowest BCUT2D eigenvalue weighted by Gasteiger charge is -2.60. The minimum absolute atomic E-state index is 0.174. The zero-order chi connectivity index (χ0) is 18.3. The number of phenols is 1. The molecule has 5 rings (SSSR count). The molecule has 1 spiro atoms. The molecule has 138 valence electrons. The Kier molecular flexibility index (Phi) is 3.13. The average molecular weight is 356 g/mol. The van der Waals surface area contributed by atoms with Gasteiger partial charge >= 0.3 is 0 Å². The van der Waals surface area contributed by atoms with Crippen molar-refractivity contribution in [3.63, 3.8) is 0 Å². The van der Waals surface area contributed by atoms with E-state index in [4.69, 9.17) is 9.47 Å². The van der Waals surface area contributed by atoms with Gasteiger partial charge < -0.3 is 19.1 Å². The summed E-state index contributed by atoms with van der Waals surface area (Å²) in [4.78, 5) is 12.8. The summed E-state index contributed by atoms with van der Waals surface area (Å²) in [5.41, 5.74) is 2.12. The first-order chi connectivity index (χ1) is 12.4. The number of hydrogen-bond donors (Lipinski definition) is 1. The number of methoxy groups -OCH3 is 1. The van der Waals surface area contributed by atoms with Gasteiger partial charge in [-0.05, 0) is 18.1 Å². The van der Waals surface area contributed by atoms with E-state index in [2.05, 4.69) is 13.6 Å². The summed E-state index contributed by atoms with van der Waals surface area (Å²) >= 11 is 0. The van der Waals surface area contributed by atoms with Gasteiger partial charge in [-0.1, -0.05) is 12.6 Å². The molecule has 2 aliphatic heterocycles. The molecular weight excluding hydrogens is 330 g/mol. The van der Waals surface area contributed by atoms with E-state index in [1.54, 1.807) is 13.2 Å². The number of ketones is 1. The molecule has 2 heterocycles. The zero-order valence-electron chi connectivity index (χ0n) is 15.5. The number of ether oxygens (including phenoxy) is 2. The van der Waals surface area contributed by atoms with Crippen molar-refractivity contribution in [1.29, 1.82) is 0 Å². The highest BCUT2D eigenvalue weighted by Crippen LogP contribution is 2.64. The number of likely N-dealkylation sites (N-methyl/N-ethyl adjacent to an activating group) is 1. The van der Waals surface area contributed by atoms with Crippen LogP contribution in [0, 0.1) is 5.92 Å². The fourth-order valence-corrected chi connectivity index (χ4v) is 6.46. The van der Waals surface area contributed by atoms with Crippen LogP contribution in [0.3, 0.4) is 0 Å². The van der Waals surface area contributed by atoms with Crippen molar-refractivity contribution in [3.8, 4) is 11.5 Å². The number of rotatable bonds is 3. The maximum absolute atomic E-state index is 12.8. The van der Waals surface area contributed by atoms with E-state index in [-0.39, 0.29) is 16.9 Å². The molecule has 26 heavy (non-hydrogen) atoms. The van der Waals surface area contributed by atoms with Crippen LogP contribution in [0.2, 0.25) is 0 Å². The summed E-state index contributed by atoms with van der Waals surface area (Å²) in [6.07, 6.45) is 2.91. The van der Waals surface area contributed by atoms with Gasteiger partial charge in [0.2, 0.25) is 0 Å². The van der Waals surface area contributed by atoms with Crippen LogP contribution in [-0.2, 0) is 21.4 Å².